The van der Waals surface area contributed by atoms with Gasteiger partial charge in [-0.2, -0.15) is 0 Å². The number of hydrogen-bond acceptors (Lipinski definition) is 3. The molecule has 2 aromatic rings. The highest BCUT2D eigenvalue weighted by Gasteiger charge is 2.16. The molecule has 0 atom stereocenters. The van der Waals surface area contributed by atoms with E-state index in [1.807, 2.05) is 19.1 Å². The highest BCUT2D eigenvalue weighted by Crippen LogP contribution is 2.28. The van der Waals surface area contributed by atoms with Crippen LogP contribution in [0.1, 0.15) is 48.0 Å². The van der Waals surface area contributed by atoms with E-state index in [0.717, 1.165) is 11.3 Å². The first kappa shape index (κ1) is 15.2. The topological polar surface area (TPSA) is 59.7 Å². The zero-order chi connectivity index (χ0) is 15.6. The Morgan fingerprint density at radius 3 is 2.57 bits per heavy atom. The van der Waals surface area contributed by atoms with Crippen LogP contribution in [0.3, 0.4) is 0 Å². The van der Waals surface area contributed by atoms with Gasteiger partial charge in [0.1, 0.15) is 12.4 Å². The molecule has 1 heterocycles. The van der Waals surface area contributed by atoms with Gasteiger partial charge in [-0.3, -0.25) is 0 Å². The van der Waals surface area contributed by atoms with E-state index < -0.39 is 5.97 Å². The second kappa shape index (κ2) is 5.64. The van der Waals surface area contributed by atoms with E-state index in [1.54, 1.807) is 6.07 Å². The Bertz CT molecular complexity index is 647. The van der Waals surface area contributed by atoms with E-state index >= 15 is 0 Å². The van der Waals surface area contributed by atoms with Crippen LogP contribution >= 0.6 is 0 Å². The van der Waals surface area contributed by atoms with Gasteiger partial charge in [0.25, 0.3) is 0 Å². The zero-order valence-electron chi connectivity index (χ0n) is 12.8. The van der Waals surface area contributed by atoms with Crippen molar-refractivity contribution < 1.29 is 19.1 Å². The maximum Gasteiger partial charge on any atom is 0.372 e. The summed E-state index contributed by atoms with van der Waals surface area (Å²) >= 11 is 0. The van der Waals surface area contributed by atoms with Crippen molar-refractivity contribution in [2.45, 2.75) is 39.7 Å². The summed E-state index contributed by atoms with van der Waals surface area (Å²) in [4.78, 5) is 11.0. The number of carbonyl (C=O) groups is 1. The number of aromatic carboxylic acids is 1. The van der Waals surface area contributed by atoms with Gasteiger partial charge >= 0.3 is 5.97 Å². The van der Waals surface area contributed by atoms with Crippen LogP contribution in [0.15, 0.2) is 34.9 Å². The minimum absolute atomic E-state index is 0.0704. The first-order valence-electron chi connectivity index (χ1n) is 6.82. The number of benzene rings is 1. The molecule has 0 bridgehead atoms. The summed E-state index contributed by atoms with van der Waals surface area (Å²) in [7, 11) is 0. The molecule has 0 aliphatic carbocycles. The molecular formula is C17H20O4. The van der Waals surface area contributed by atoms with Crippen LogP contribution in [0.2, 0.25) is 0 Å². The molecule has 2 rings (SSSR count). The largest absolute Gasteiger partial charge is 0.488 e. The average molecular weight is 288 g/mol. The van der Waals surface area contributed by atoms with Crippen LogP contribution in [0.4, 0.5) is 0 Å². The van der Waals surface area contributed by atoms with Crippen LogP contribution in [0.25, 0.3) is 0 Å². The van der Waals surface area contributed by atoms with E-state index in [1.165, 1.54) is 11.8 Å². The first-order chi connectivity index (χ1) is 9.79. The van der Waals surface area contributed by atoms with Gasteiger partial charge in [0, 0.05) is 5.56 Å². The summed E-state index contributed by atoms with van der Waals surface area (Å²) in [5, 5.41) is 8.98. The summed E-state index contributed by atoms with van der Waals surface area (Å²) < 4.78 is 10.6. The lowest BCUT2D eigenvalue weighted by molar-refractivity contribution is 0.0658. The Hall–Kier alpha value is -2.23. The fraction of sp³-hybridized carbons (Fsp3) is 0.353. The standard InChI is InChI=1S/C17H20O4/c1-11-9-13(17(2,3)4)5-6-14(11)21-10-12-7-8-20-15(12)16(18)19/h5-9H,10H2,1-4H3,(H,18,19). The van der Waals surface area contributed by atoms with Gasteiger partial charge in [-0.1, -0.05) is 32.9 Å². The maximum absolute atomic E-state index is 11.0. The lowest BCUT2D eigenvalue weighted by atomic mass is 9.86. The minimum atomic E-state index is -1.08. The van der Waals surface area contributed by atoms with E-state index in [2.05, 4.69) is 26.8 Å². The molecule has 112 valence electrons. The average Bonchev–Trinajstić information content (AvgIpc) is 2.84. The molecular weight excluding hydrogens is 268 g/mol. The Morgan fingerprint density at radius 2 is 2.00 bits per heavy atom. The third kappa shape index (κ3) is 3.45. The molecule has 1 aromatic heterocycles. The molecule has 0 saturated heterocycles. The van der Waals surface area contributed by atoms with Crippen molar-refractivity contribution in [2.75, 3.05) is 0 Å². The lowest BCUT2D eigenvalue weighted by Gasteiger charge is -2.20. The molecule has 0 aliphatic heterocycles. The van der Waals surface area contributed by atoms with Gasteiger partial charge < -0.3 is 14.3 Å². The van der Waals surface area contributed by atoms with Gasteiger partial charge in [-0.05, 0) is 35.6 Å². The summed E-state index contributed by atoms with van der Waals surface area (Å²) in [5.74, 6) is -0.405. The van der Waals surface area contributed by atoms with E-state index in [-0.39, 0.29) is 17.8 Å². The Morgan fingerprint density at radius 1 is 1.29 bits per heavy atom. The molecule has 4 nitrogen and oxygen atoms in total. The van der Waals surface area contributed by atoms with Crippen LogP contribution in [-0.4, -0.2) is 11.1 Å². The van der Waals surface area contributed by atoms with Gasteiger partial charge in [0.05, 0.1) is 6.26 Å². The fourth-order valence-corrected chi connectivity index (χ4v) is 2.07. The third-order valence-corrected chi connectivity index (χ3v) is 3.37. The highest BCUT2D eigenvalue weighted by atomic mass is 16.5. The minimum Gasteiger partial charge on any atom is -0.488 e. The lowest BCUT2D eigenvalue weighted by Crippen LogP contribution is -2.11. The van der Waals surface area contributed by atoms with Crippen molar-refractivity contribution in [1.82, 2.24) is 0 Å². The van der Waals surface area contributed by atoms with Gasteiger partial charge in [-0.25, -0.2) is 4.79 Å². The number of furan rings is 1. The molecule has 0 saturated carbocycles. The van der Waals surface area contributed by atoms with Crippen molar-refractivity contribution in [3.63, 3.8) is 0 Å². The van der Waals surface area contributed by atoms with Crippen molar-refractivity contribution in [3.8, 4) is 5.75 Å². The highest BCUT2D eigenvalue weighted by molar-refractivity contribution is 5.86. The molecule has 1 aromatic carbocycles. The summed E-state index contributed by atoms with van der Waals surface area (Å²) in [6.07, 6.45) is 1.36. The van der Waals surface area contributed by atoms with Crippen LogP contribution in [0.5, 0.6) is 5.75 Å². The van der Waals surface area contributed by atoms with Crippen molar-refractivity contribution in [2.24, 2.45) is 0 Å². The van der Waals surface area contributed by atoms with E-state index in [9.17, 15) is 4.79 Å². The third-order valence-electron chi connectivity index (χ3n) is 3.37. The number of carboxylic acids is 1. The second-order valence-electron chi connectivity index (χ2n) is 6.10. The number of hydrogen-bond donors (Lipinski definition) is 1. The second-order valence-corrected chi connectivity index (χ2v) is 6.10. The number of ether oxygens (including phenoxy) is 1. The number of rotatable bonds is 4. The van der Waals surface area contributed by atoms with Gasteiger partial charge in [0.15, 0.2) is 0 Å². The van der Waals surface area contributed by atoms with Crippen molar-refractivity contribution >= 4 is 5.97 Å². The first-order valence-corrected chi connectivity index (χ1v) is 6.82. The molecule has 21 heavy (non-hydrogen) atoms. The SMILES string of the molecule is Cc1cc(C(C)(C)C)ccc1OCc1ccoc1C(=O)O. The maximum atomic E-state index is 11.0. The summed E-state index contributed by atoms with van der Waals surface area (Å²) in [6.45, 7) is 8.64. The Balaban J connectivity index is 2.14. The number of carboxylic acid groups (broad SMARTS) is 1. The van der Waals surface area contributed by atoms with Crippen molar-refractivity contribution in [1.29, 1.82) is 0 Å². The predicted octanol–water partition coefficient (Wildman–Crippen LogP) is 4.16. The predicted molar refractivity (Wildman–Crippen MR) is 79.9 cm³/mol. The fourth-order valence-electron chi connectivity index (χ4n) is 2.07. The Kier molecular flexibility index (Phi) is 4.07. The molecule has 0 unspecified atom stereocenters. The van der Waals surface area contributed by atoms with E-state index in [4.69, 9.17) is 14.3 Å². The number of aryl methyl sites for hydroxylation is 1. The van der Waals surface area contributed by atoms with E-state index in [0.29, 0.717) is 5.56 Å². The monoisotopic (exact) mass is 288 g/mol. The molecule has 4 heteroatoms. The van der Waals surface area contributed by atoms with Crippen molar-refractivity contribution in [3.05, 3.63) is 53.0 Å². The molecule has 0 spiro atoms. The smallest absolute Gasteiger partial charge is 0.372 e. The molecule has 0 amide bonds. The normalized spacial score (nSPS) is 11.4. The van der Waals surface area contributed by atoms with Crippen LogP contribution in [0, 0.1) is 6.92 Å². The van der Waals surface area contributed by atoms with Crippen LogP contribution in [-0.2, 0) is 12.0 Å². The summed E-state index contributed by atoms with van der Waals surface area (Å²) in [5.41, 5.74) is 2.89. The molecule has 1 N–H and O–H groups in total. The molecule has 0 radical (unpaired) electrons. The molecule has 0 aliphatic rings. The quantitative estimate of drug-likeness (QED) is 0.917. The molecule has 0 fully saturated rings. The zero-order valence-corrected chi connectivity index (χ0v) is 12.8. The Labute approximate surface area is 124 Å². The summed E-state index contributed by atoms with van der Waals surface area (Å²) in [6, 6.07) is 7.68. The van der Waals surface area contributed by atoms with Gasteiger partial charge in [0.2, 0.25) is 5.76 Å². The van der Waals surface area contributed by atoms with Gasteiger partial charge in [-0.15, -0.1) is 0 Å². The van der Waals surface area contributed by atoms with Crippen LogP contribution < -0.4 is 4.74 Å².